The summed E-state index contributed by atoms with van der Waals surface area (Å²) in [7, 11) is 0. The van der Waals surface area contributed by atoms with E-state index >= 15 is 0 Å². The highest BCUT2D eigenvalue weighted by Gasteiger charge is 2.08. The lowest BCUT2D eigenvalue weighted by atomic mass is 10.1. The second kappa shape index (κ2) is 9.00. The molecule has 2 nitrogen and oxygen atoms in total. The van der Waals surface area contributed by atoms with Crippen molar-refractivity contribution in [2.45, 2.75) is 33.2 Å². The molecule has 106 valence electrons. The van der Waals surface area contributed by atoms with Crippen LogP contribution in [0.25, 0.3) is 0 Å². The van der Waals surface area contributed by atoms with Gasteiger partial charge in [-0.2, -0.15) is 0 Å². The van der Waals surface area contributed by atoms with E-state index in [0.717, 1.165) is 37.2 Å². The Bertz CT molecular complexity index is 390. The maximum absolute atomic E-state index is 6.21. The van der Waals surface area contributed by atoms with Gasteiger partial charge in [-0.3, -0.25) is 0 Å². The summed E-state index contributed by atoms with van der Waals surface area (Å²) in [4.78, 5) is 0. The van der Waals surface area contributed by atoms with Crippen LogP contribution in [-0.4, -0.2) is 13.2 Å². The fraction of sp³-hybridized carbons (Fsp3) is 0.500. The number of para-hydroxylation sites is 1. The van der Waals surface area contributed by atoms with Gasteiger partial charge in [0.2, 0.25) is 0 Å². The van der Waals surface area contributed by atoms with E-state index in [9.17, 15) is 0 Å². The van der Waals surface area contributed by atoms with Crippen LogP contribution >= 0.6 is 11.6 Å². The molecule has 0 aromatic heterocycles. The minimum Gasteiger partial charge on any atom is -0.492 e. The molecule has 1 N–H and O–H groups in total. The zero-order valence-corrected chi connectivity index (χ0v) is 12.7. The molecule has 1 rings (SSSR count). The molecule has 0 saturated heterocycles. The van der Waals surface area contributed by atoms with Crippen LogP contribution < -0.4 is 10.1 Å². The third-order valence-electron chi connectivity index (χ3n) is 2.72. The van der Waals surface area contributed by atoms with Crippen molar-refractivity contribution in [1.82, 2.24) is 5.32 Å². The van der Waals surface area contributed by atoms with Gasteiger partial charge in [-0.05, 0) is 31.4 Å². The van der Waals surface area contributed by atoms with E-state index in [1.54, 1.807) is 0 Å². The Morgan fingerprint density at radius 2 is 2.21 bits per heavy atom. The number of nitrogens with one attached hydrogen (secondary N) is 1. The van der Waals surface area contributed by atoms with Crippen molar-refractivity contribution >= 4 is 11.6 Å². The Morgan fingerprint density at radius 1 is 1.42 bits per heavy atom. The largest absolute Gasteiger partial charge is 0.492 e. The average Bonchev–Trinajstić information content (AvgIpc) is 2.36. The maximum Gasteiger partial charge on any atom is 0.142 e. The van der Waals surface area contributed by atoms with Gasteiger partial charge in [0, 0.05) is 12.1 Å². The zero-order valence-electron chi connectivity index (χ0n) is 11.9. The molecule has 0 amide bonds. The van der Waals surface area contributed by atoms with E-state index in [2.05, 4.69) is 31.8 Å². The summed E-state index contributed by atoms with van der Waals surface area (Å²) in [6.07, 6.45) is 3.83. The summed E-state index contributed by atoms with van der Waals surface area (Å²) in [6, 6.07) is 5.89. The van der Waals surface area contributed by atoms with Crippen LogP contribution in [0, 0.1) is 5.92 Å². The van der Waals surface area contributed by atoms with E-state index in [4.69, 9.17) is 16.3 Å². The van der Waals surface area contributed by atoms with Crippen molar-refractivity contribution in [2.24, 2.45) is 5.92 Å². The highest BCUT2D eigenvalue weighted by Crippen LogP contribution is 2.28. The van der Waals surface area contributed by atoms with Gasteiger partial charge in [0.05, 0.1) is 11.6 Å². The first-order chi connectivity index (χ1) is 9.15. The van der Waals surface area contributed by atoms with Gasteiger partial charge in [0.25, 0.3) is 0 Å². The third kappa shape index (κ3) is 6.13. The number of allylic oxidation sites excluding steroid dienone is 1. The first-order valence-corrected chi connectivity index (χ1v) is 7.24. The lowest BCUT2D eigenvalue weighted by Gasteiger charge is -2.14. The highest BCUT2D eigenvalue weighted by atomic mass is 35.5. The molecule has 0 aliphatic rings. The molecule has 0 bridgehead atoms. The lowest BCUT2D eigenvalue weighted by Crippen LogP contribution is -2.19. The minimum absolute atomic E-state index is 0.635. The van der Waals surface area contributed by atoms with Crippen molar-refractivity contribution < 1.29 is 4.74 Å². The summed E-state index contributed by atoms with van der Waals surface area (Å²) in [5.74, 6) is 1.45. The summed E-state index contributed by atoms with van der Waals surface area (Å²) in [5, 5.41) is 4.10. The van der Waals surface area contributed by atoms with Gasteiger partial charge >= 0.3 is 0 Å². The molecular formula is C16H24ClNO. The fourth-order valence-electron chi connectivity index (χ4n) is 1.75. The third-order valence-corrected chi connectivity index (χ3v) is 3.01. The Labute approximate surface area is 121 Å². The van der Waals surface area contributed by atoms with Gasteiger partial charge in [-0.15, -0.1) is 6.58 Å². The molecule has 0 aliphatic carbocycles. The highest BCUT2D eigenvalue weighted by molar-refractivity contribution is 6.32. The van der Waals surface area contributed by atoms with Crippen LogP contribution in [0.5, 0.6) is 5.75 Å². The van der Waals surface area contributed by atoms with Crippen LogP contribution in [0.1, 0.15) is 32.3 Å². The van der Waals surface area contributed by atoms with Crippen molar-refractivity contribution in [1.29, 1.82) is 0 Å². The van der Waals surface area contributed by atoms with Gasteiger partial charge in [-0.25, -0.2) is 0 Å². The standard InChI is InChI=1S/C16H24ClNO/c1-4-5-6-10-19-16-14(8-7-9-15(16)17)12-18-11-13(2)3/h4,7-9,13,18H,1,5-6,10-12H2,2-3H3. The minimum atomic E-state index is 0.635. The summed E-state index contributed by atoms with van der Waals surface area (Å²) in [6.45, 7) is 10.5. The molecule has 0 spiro atoms. The van der Waals surface area contributed by atoms with E-state index < -0.39 is 0 Å². The number of hydrogen-bond donors (Lipinski definition) is 1. The van der Waals surface area contributed by atoms with Crippen molar-refractivity contribution in [3.8, 4) is 5.75 Å². The van der Waals surface area contributed by atoms with Gasteiger partial charge in [-0.1, -0.05) is 43.7 Å². The average molecular weight is 282 g/mol. The normalized spacial score (nSPS) is 10.7. The Kier molecular flexibility index (Phi) is 7.61. The van der Waals surface area contributed by atoms with Crippen LogP contribution in [0.4, 0.5) is 0 Å². The van der Waals surface area contributed by atoms with Gasteiger partial charge in [0.15, 0.2) is 0 Å². The fourth-order valence-corrected chi connectivity index (χ4v) is 2.00. The predicted molar refractivity (Wildman–Crippen MR) is 82.9 cm³/mol. The Morgan fingerprint density at radius 3 is 2.89 bits per heavy atom. The number of ether oxygens (including phenoxy) is 1. The van der Waals surface area contributed by atoms with Crippen LogP contribution in [0.2, 0.25) is 5.02 Å². The molecule has 0 radical (unpaired) electrons. The molecular weight excluding hydrogens is 258 g/mol. The number of rotatable bonds is 9. The molecule has 0 fully saturated rings. The molecule has 0 unspecified atom stereocenters. The summed E-state index contributed by atoms with van der Waals surface area (Å²) in [5.41, 5.74) is 1.12. The molecule has 1 aromatic rings. The quantitative estimate of drug-likeness (QED) is 0.534. The number of benzene rings is 1. The van der Waals surface area contributed by atoms with Crippen LogP contribution in [-0.2, 0) is 6.54 Å². The Hall–Kier alpha value is -0.990. The number of halogens is 1. The molecule has 3 heteroatoms. The predicted octanol–water partition coefficient (Wildman–Crippen LogP) is 4.43. The van der Waals surface area contributed by atoms with Crippen LogP contribution in [0.3, 0.4) is 0 Å². The Balaban J connectivity index is 2.58. The number of hydrogen-bond acceptors (Lipinski definition) is 2. The molecule has 19 heavy (non-hydrogen) atoms. The first kappa shape index (κ1) is 16.1. The first-order valence-electron chi connectivity index (χ1n) is 6.87. The SMILES string of the molecule is C=CCCCOc1c(Cl)cccc1CNCC(C)C. The smallest absolute Gasteiger partial charge is 0.142 e. The maximum atomic E-state index is 6.21. The van der Waals surface area contributed by atoms with Gasteiger partial charge < -0.3 is 10.1 Å². The topological polar surface area (TPSA) is 21.3 Å². The van der Waals surface area contributed by atoms with Crippen molar-refractivity contribution in [3.05, 3.63) is 41.4 Å². The monoisotopic (exact) mass is 281 g/mol. The molecule has 0 heterocycles. The molecule has 0 saturated carbocycles. The summed E-state index contributed by atoms with van der Waals surface area (Å²) < 4.78 is 5.81. The molecule has 0 aliphatic heterocycles. The van der Waals surface area contributed by atoms with Crippen LogP contribution in [0.15, 0.2) is 30.9 Å². The van der Waals surface area contributed by atoms with E-state index in [0.29, 0.717) is 17.5 Å². The molecule has 1 aromatic carbocycles. The van der Waals surface area contributed by atoms with E-state index in [1.807, 2.05) is 18.2 Å². The van der Waals surface area contributed by atoms with E-state index in [-0.39, 0.29) is 0 Å². The summed E-state index contributed by atoms with van der Waals surface area (Å²) >= 11 is 6.21. The second-order valence-corrected chi connectivity index (χ2v) is 5.44. The second-order valence-electron chi connectivity index (χ2n) is 5.03. The van der Waals surface area contributed by atoms with Crippen molar-refractivity contribution in [2.75, 3.05) is 13.2 Å². The number of unbranched alkanes of at least 4 members (excludes halogenated alkanes) is 1. The van der Waals surface area contributed by atoms with Crippen molar-refractivity contribution in [3.63, 3.8) is 0 Å². The lowest BCUT2D eigenvalue weighted by molar-refractivity contribution is 0.308. The van der Waals surface area contributed by atoms with Gasteiger partial charge in [0.1, 0.15) is 5.75 Å². The zero-order chi connectivity index (χ0) is 14.1. The van der Waals surface area contributed by atoms with E-state index in [1.165, 1.54) is 0 Å². The molecule has 0 atom stereocenters.